The highest BCUT2D eigenvalue weighted by Gasteiger charge is 1.89. The van der Waals surface area contributed by atoms with Gasteiger partial charge in [0.15, 0.2) is 0 Å². The highest BCUT2D eigenvalue weighted by Crippen LogP contribution is 2.13. The first-order valence-electron chi connectivity index (χ1n) is 3.89. The first-order valence-corrected chi connectivity index (χ1v) is 4.71. The van der Waals surface area contributed by atoms with Gasteiger partial charge in [-0.15, -0.1) is 11.3 Å². The summed E-state index contributed by atoms with van der Waals surface area (Å²) in [6.07, 6.45) is 0.626. The molecule has 0 fully saturated rings. The zero-order valence-electron chi connectivity index (χ0n) is 7.32. The van der Waals surface area contributed by atoms with Crippen molar-refractivity contribution in [3.8, 4) is 11.8 Å². The van der Waals surface area contributed by atoms with Crippen LogP contribution in [-0.2, 0) is 0 Å². The van der Waals surface area contributed by atoms with Gasteiger partial charge in [0.1, 0.15) is 0 Å². The van der Waals surface area contributed by atoms with Crippen molar-refractivity contribution < 1.29 is 0 Å². The number of aryl methyl sites for hydroxylation is 1. The van der Waals surface area contributed by atoms with Crippen molar-refractivity contribution >= 4 is 11.3 Å². The SMILES string of the molecule is Cc1ccc(C#CCCN=[N+]=[N-])s1. The van der Waals surface area contributed by atoms with E-state index in [1.54, 1.807) is 11.3 Å². The van der Waals surface area contributed by atoms with E-state index < -0.39 is 0 Å². The average Bonchev–Trinajstić information content (AvgIpc) is 2.51. The summed E-state index contributed by atoms with van der Waals surface area (Å²) in [5.74, 6) is 5.95. The van der Waals surface area contributed by atoms with Gasteiger partial charge in [0.2, 0.25) is 0 Å². The maximum Gasteiger partial charge on any atom is 0.0771 e. The molecule has 3 nitrogen and oxygen atoms in total. The molecule has 0 N–H and O–H groups in total. The summed E-state index contributed by atoms with van der Waals surface area (Å²) in [4.78, 5) is 4.98. The first kappa shape index (κ1) is 9.66. The summed E-state index contributed by atoms with van der Waals surface area (Å²) >= 11 is 1.67. The monoisotopic (exact) mass is 191 g/mol. The third-order valence-electron chi connectivity index (χ3n) is 1.35. The number of nitrogens with zero attached hydrogens (tertiary/aromatic N) is 3. The van der Waals surface area contributed by atoms with E-state index in [4.69, 9.17) is 5.53 Å². The van der Waals surface area contributed by atoms with Crippen molar-refractivity contribution in [2.24, 2.45) is 5.11 Å². The molecule has 0 aliphatic heterocycles. The summed E-state index contributed by atoms with van der Waals surface area (Å²) in [5, 5.41) is 3.39. The zero-order chi connectivity index (χ0) is 9.52. The molecule has 66 valence electrons. The van der Waals surface area contributed by atoms with Gasteiger partial charge in [0, 0.05) is 22.8 Å². The van der Waals surface area contributed by atoms with E-state index in [-0.39, 0.29) is 0 Å². The van der Waals surface area contributed by atoms with Crippen molar-refractivity contribution in [2.75, 3.05) is 6.54 Å². The molecule has 0 aromatic carbocycles. The van der Waals surface area contributed by atoms with Crippen LogP contribution < -0.4 is 0 Å². The smallest absolute Gasteiger partial charge is 0.0771 e. The predicted octanol–water partition coefficient (Wildman–Crippen LogP) is 3.11. The average molecular weight is 191 g/mol. The van der Waals surface area contributed by atoms with Gasteiger partial charge in [-0.25, -0.2) is 0 Å². The zero-order valence-corrected chi connectivity index (χ0v) is 8.14. The van der Waals surface area contributed by atoms with Gasteiger partial charge in [0.25, 0.3) is 0 Å². The van der Waals surface area contributed by atoms with Crippen LogP contribution in [0.3, 0.4) is 0 Å². The third-order valence-corrected chi connectivity index (χ3v) is 2.27. The van der Waals surface area contributed by atoms with Gasteiger partial charge >= 0.3 is 0 Å². The molecule has 1 aromatic heterocycles. The van der Waals surface area contributed by atoms with E-state index in [9.17, 15) is 0 Å². The second-order valence-corrected chi connectivity index (χ2v) is 3.70. The van der Waals surface area contributed by atoms with Crippen molar-refractivity contribution in [3.63, 3.8) is 0 Å². The molecule has 0 aliphatic rings. The molecular formula is C9H9N3S. The van der Waals surface area contributed by atoms with Crippen molar-refractivity contribution in [1.82, 2.24) is 0 Å². The van der Waals surface area contributed by atoms with Gasteiger partial charge in [-0.1, -0.05) is 17.0 Å². The van der Waals surface area contributed by atoms with E-state index in [0.717, 1.165) is 4.88 Å². The fraction of sp³-hybridized carbons (Fsp3) is 0.333. The highest BCUT2D eigenvalue weighted by molar-refractivity contribution is 7.12. The highest BCUT2D eigenvalue weighted by atomic mass is 32.1. The molecule has 13 heavy (non-hydrogen) atoms. The van der Waals surface area contributed by atoms with Crippen LogP contribution in [0, 0.1) is 18.8 Å². The van der Waals surface area contributed by atoms with Crippen LogP contribution in [0.5, 0.6) is 0 Å². The largest absolute Gasteiger partial charge is 0.132 e. The summed E-state index contributed by atoms with van der Waals surface area (Å²) in [6.45, 7) is 2.50. The summed E-state index contributed by atoms with van der Waals surface area (Å²) < 4.78 is 0. The van der Waals surface area contributed by atoms with Gasteiger partial charge in [-0.2, -0.15) is 0 Å². The van der Waals surface area contributed by atoms with Crippen molar-refractivity contribution in [3.05, 3.63) is 32.3 Å². The van der Waals surface area contributed by atoms with Crippen LogP contribution in [-0.4, -0.2) is 6.54 Å². The lowest BCUT2D eigenvalue weighted by Gasteiger charge is -1.79. The molecule has 0 spiro atoms. The molecule has 0 unspecified atom stereocenters. The van der Waals surface area contributed by atoms with Gasteiger partial charge in [-0.05, 0) is 24.6 Å². The molecule has 1 aromatic rings. The lowest BCUT2D eigenvalue weighted by Crippen LogP contribution is -1.72. The third kappa shape index (κ3) is 3.66. The minimum Gasteiger partial charge on any atom is -0.132 e. The normalized spacial score (nSPS) is 8.38. The van der Waals surface area contributed by atoms with Crippen molar-refractivity contribution in [2.45, 2.75) is 13.3 Å². The van der Waals surface area contributed by atoms with Gasteiger partial charge in [-0.3, -0.25) is 0 Å². The molecule has 0 saturated heterocycles. The molecule has 0 radical (unpaired) electrons. The number of hydrogen-bond acceptors (Lipinski definition) is 2. The second-order valence-electron chi connectivity index (χ2n) is 2.42. The van der Waals surface area contributed by atoms with Crippen LogP contribution in [0.25, 0.3) is 10.4 Å². The molecule has 1 heterocycles. The Morgan fingerprint density at radius 1 is 1.62 bits per heavy atom. The topological polar surface area (TPSA) is 48.8 Å². The molecule has 1 rings (SSSR count). The number of hydrogen-bond donors (Lipinski definition) is 0. The van der Waals surface area contributed by atoms with Crippen LogP contribution in [0.15, 0.2) is 17.2 Å². The standard InChI is InChI=1S/C9H9N3S/c1-8-5-6-9(13-8)4-2-3-7-11-12-10/h5-6H,3,7H2,1H3. The number of rotatable bonds is 2. The van der Waals surface area contributed by atoms with Crippen LogP contribution in [0.4, 0.5) is 0 Å². The van der Waals surface area contributed by atoms with Crippen molar-refractivity contribution in [1.29, 1.82) is 0 Å². The lowest BCUT2D eigenvalue weighted by molar-refractivity contribution is 1.02. The fourth-order valence-electron chi connectivity index (χ4n) is 0.802. The second kappa shape index (κ2) is 5.26. The first-order chi connectivity index (χ1) is 6.33. The quantitative estimate of drug-likeness (QED) is 0.227. The maximum absolute atomic E-state index is 8.00. The predicted molar refractivity (Wildman–Crippen MR) is 54.6 cm³/mol. The molecule has 0 amide bonds. The molecule has 0 saturated carbocycles. The van der Waals surface area contributed by atoms with Crippen LogP contribution in [0.1, 0.15) is 16.2 Å². The Labute approximate surface area is 81.0 Å². The minimum absolute atomic E-state index is 0.452. The Hall–Kier alpha value is -1.43. The Balaban J connectivity index is 2.43. The molecular weight excluding hydrogens is 182 g/mol. The molecule has 4 heteroatoms. The molecule has 0 bridgehead atoms. The van der Waals surface area contributed by atoms with Gasteiger partial charge < -0.3 is 0 Å². The van der Waals surface area contributed by atoms with E-state index in [1.165, 1.54) is 4.88 Å². The fourth-order valence-corrected chi connectivity index (χ4v) is 1.54. The Kier molecular flexibility index (Phi) is 3.90. The number of azide groups is 1. The van der Waals surface area contributed by atoms with Gasteiger partial charge in [0.05, 0.1) is 4.88 Å². The summed E-state index contributed by atoms with van der Waals surface area (Å²) in [6, 6.07) is 4.04. The summed E-state index contributed by atoms with van der Waals surface area (Å²) in [5.41, 5.74) is 8.00. The molecule has 0 aliphatic carbocycles. The molecule has 0 atom stereocenters. The van der Waals surface area contributed by atoms with E-state index in [0.29, 0.717) is 13.0 Å². The summed E-state index contributed by atoms with van der Waals surface area (Å²) in [7, 11) is 0. The lowest BCUT2D eigenvalue weighted by atomic mass is 10.4. The minimum atomic E-state index is 0.452. The van der Waals surface area contributed by atoms with Crippen LogP contribution >= 0.6 is 11.3 Å². The number of thiophene rings is 1. The maximum atomic E-state index is 8.00. The Morgan fingerprint density at radius 2 is 2.46 bits per heavy atom. The Bertz CT molecular complexity index is 377. The van der Waals surface area contributed by atoms with E-state index >= 15 is 0 Å². The van der Waals surface area contributed by atoms with E-state index in [1.807, 2.05) is 12.1 Å². The van der Waals surface area contributed by atoms with E-state index in [2.05, 4.69) is 28.8 Å². The Morgan fingerprint density at radius 3 is 3.08 bits per heavy atom. The van der Waals surface area contributed by atoms with Crippen LogP contribution in [0.2, 0.25) is 0 Å².